The molecule has 0 heterocycles. The predicted octanol–water partition coefficient (Wildman–Crippen LogP) is 3.28. The minimum absolute atomic E-state index is 0.187. The molecule has 1 unspecified atom stereocenters. The smallest absolute Gasteiger partial charge is 0.0672 e. The second-order valence-electron chi connectivity index (χ2n) is 6.72. The van der Waals surface area contributed by atoms with Crippen molar-refractivity contribution in [1.82, 2.24) is 5.32 Å². The first-order valence-corrected chi connectivity index (χ1v) is 7.27. The highest BCUT2D eigenvalue weighted by Crippen LogP contribution is 2.24. The maximum absolute atomic E-state index is 10.4. The van der Waals surface area contributed by atoms with Crippen LogP contribution in [0.15, 0.2) is 24.3 Å². The van der Waals surface area contributed by atoms with E-state index in [1.807, 2.05) is 6.92 Å². The molecule has 0 aliphatic heterocycles. The Morgan fingerprint density at radius 1 is 1.05 bits per heavy atom. The zero-order valence-electron chi connectivity index (χ0n) is 13.1. The van der Waals surface area contributed by atoms with Crippen molar-refractivity contribution in [2.75, 3.05) is 13.1 Å². The quantitative estimate of drug-likeness (QED) is 0.772. The van der Waals surface area contributed by atoms with Crippen molar-refractivity contribution in [3.8, 4) is 0 Å². The number of hydrogen-bond donors (Lipinski definition) is 2. The summed E-state index contributed by atoms with van der Waals surface area (Å²) >= 11 is 0. The Balaban J connectivity index is 2.62. The Labute approximate surface area is 118 Å². The Kier molecular flexibility index (Phi) is 5.57. The molecule has 0 aliphatic rings. The van der Waals surface area contributed by atoms with Crippen molar-refractivity contribution >= 4 is 0 Å². The topological polar surface area (TPSA) is 32.3 Å². The van der Waals surface area contributed by atoms with E-state index in [2.05, 4.69) is 57.3 Å². The van der Waals surface area contributed by atoms with Gasteiger partial charge >= 0.3 is 0 Å². The van der Waals surface area contributed by atoms with Gasteiger partial charge in [-0.2, -0.15) is 0 Å². The van der Waals surface area contributed by atoms with Gasteiger partial charge in [-0.15, -0.1) is 0 Å². The third-order valence-electron chi connectivity index (χ3n) is 3.50. The SMILES string of the molecule is CCNCCC(C)(O)Cc1ccc(C(C)(C)C)cc1. The Morgan fingerprint density at radius 3 is 2.11 bits per heavy atom. The fourth-order valence-corrected chi connectivity index (χ4v) is 2.19. The lowest BCUT2D eigenvalue weighted by Gasteiger charge is -2.24. The molecule has 0 radical (unpaired) electrons. The predicted molar refractivity (Wildman–Crippen MR) is 82.6 cm³/mol. The molecule has 19 heavy (non-hydrogen) atoms. The van der Waals surface area contributed by atoms with Crippen molar-refractivity contribution in [2.45, 2.75) is 58.5 Å². The lowest BCUT2D eigenvalue weighted by Crippen LogP contribution is -2.32. The first-order valence-electron chi connectivity index (χ1n) is 7.27. The summed E-state index contributed by atoms with van der Waals surface area (Å²) in [4.78, 5) is 0. The Morgan fingerprint density at radius 2 is 1.63 bits per heavy atom. The molecule has 1 aromatic carbocycles. The summed E-state index contributed by atoms with van der Waals surface area (Å²) in [6.07, 6.45) is 1.49. The van der Waals surface area contributed by atoms with E-state index in [1.54, 1.807) is 0 Å². The fourth-order valence-electron chi connectivity index (χ4n) is 2.19. The van der Waals surface area contributed by atoms with Gasteiger partial charge in [0, 0.05) is 6.42 Å². The summed E-state index contributed by atoms with van der Waals surface area (Å²) in [5.41, 5.74) is 2.09. The molecule has 108 valence electrons. The second-order valence-corrected chi connectivity index (χ2v) is 6.72. The van der Waals surface area contributed by atoms with E-state index in [0.717, 1.165) is 19.5 Å². The molecule has 2 nitrogen and oxygen atoms in total. The lowest BCUT2D eigenvalue weighted by molar-refractivity contribution is 0.0517. The highest BCUT2D eigenvalue weighted by Gasteiger charge is 2.20. The molecule has 1 atom stereocenters. The zero-order chi connectivity index (χ0) is 14.5. The van der Waals surface area contributed by atoms with Crippen LogP contribution in [0.3, 0.4) is 0 Å². The van der Waals surface area contributed by atoms with Gasteiger partial charge in [-0.05, 0) is 43.0 Å². The van der Waals surface area contributed by atoms with E-state index in [4.69, 9.17) is 0 Å². The molecule has 0 saturated heterocycles. The highest BCUT2D eigenvalue weighted by atomic mass is 16.3. The summed E-state index contributed by atoms with van der Waals surface area (Å²) in [6, 6.07) is 8.63. The van der Waals surface area contributed by atoms with Gasteiger partial charge in [-0.25, -0.2) is 0 Å². The van der Waals surface area contributed by atoms with E-state index in [1.165, 1.54) is 11.1 Å². The molecule has 0 amide bonds. The summed E-state index contributed by atoms with van der Waals surface area (Å²) < 4.78 is 0. The number of hydrogen-bond acceptors (Lipinski definition) is 2. The summed E-state index contributed by atoms with van der Waals surface area (Å²) in [7, 11) is 0. The number of aliphatic hydroxyl groups is 1. The van der Waals surface area contributed by atoms with Crippen LogP contribution in [0.2, 0.25) is 0 Å². The van der Waals surface area contributed by atoms with Gasteiger partial charge in [0.15, 0.2) is 0 Å². The normalized spacial score (nSPS) is 15.3. The largest absolute Gasteiger partial charge is 0.390 e. The Hall–Kier alpha value is -0.860. The molecule has 2 N–H and O–H groups in total. The first kappa shape index (κ1) is 16.2. The van der Waals surface area contributed by atoms with Crippen LogP contribution < -0.4 is 5.32 Å². The monoisotopic (exact) mass is 263 g/mol. The lowest BCUT2D eigenvalue weighted by atomic mass is 9.85. The van der Waals surface area contributed by atoms with Crippen LogP contribution in [0, 0.1) is 0 Å². The minimum atomic E-state index is -0.634. The molecule has 0 aromatic heterocycles. The molecule has 0 bridgehead atoms. The average molecular weight is 263 g/mol. The molecule has 0 spiro atoms. The molecule has 0 saturated carbocycles. The minimum Gasteiger partial charge on any atom is -0.390 e. The molecule has 0 fully saturated rings. The summed E-state index contributed by atoms with van der Waals surface area (Å²) in [5.74, 6) is 0. The van der Waals surface area contributed by atoms with Crippen molar-refractivity contribution in [3.05, 3.63) is 35.4 Å². The van der Waals surface area contributed by atoms with E-state index in [-0.39, 0.29) is 5.41 Å². The molecule has 2 heteroatoms. The van der Waals surface area contributed by atoms with Crippen LogP contribution in [0.5, 0.6) is 0 Å². The molecular weight excluding hydrogens is 234 g/mol. The van der Waals surface area contributed by atoms with Crippen LogP contribution in [0.1, 0.15) is 52.2 Å². The first-order chi connectivity index (χ1) is 8.74. The highest BCUT2D eigenvalue weighted by molar-refractivity contribution is 5.28. The van der Waals surface area contributed by atoms with Crippen LogP contribution in [0.25, 0.3) is 0 Å². The van der Waals surface area contributed by atoms with Crippen LogP contribution in [-0.2, 0) is 11.8 Å². The molecule has 0 aliphatic carbocycles. The average Bonchev–Trinajstić information content (AvgIpc) is 2.28. The number of nitrogens with one attached hydrogen (secondary N) is 1. The maximum Gasteiger partial charge on any atom is 0.0672 e. The van der Waals surface area contributed by atoms with Gasteiger partial charge in [0.05, 0.1) is 5.60 Å². The van der Waals surface area contributed by atoms with E-state index in [0.29, 0.717) is 6.42 Å². The third kappa shape index (κ3) is 5.75. The van der Waals surface area contributed by atoms with Crippen LogP contribution in [-0.4, -0.2) is 23.8 Å². The molecule has 1 aromatic rings. The fraction of sp³-hybridized carbons (Fsp3) is 0.647. The van der Waals surface area contributed by atoms with Crippen molar-refractivity contribution in [2.24, 2.45) is 0 Å². The van der Waals surface area contributed by atoms with Gasteiger partial charge in [-0.1, -0.05) is 52.0 Å². The maximum atomic E-state index is 10.4. The van der Waals surface area contributed by atoms with E-state index >= 15 is 0 Å². The zero-order valence-corrected chi connectivity index (χ0v) is 13.1. The van der Waals surface area contributed by atoms with Crippen molar-refractivity contribution < 1.29 is 5.11 Å². The van der Waals surface area contributed by atoms with Gasteiger partial charge in [0.25, 0.3) is 0 Å². The molecule has 1 rings (SSSR count). The van der Waals surface area contributed by atoms with Crippen molar-refractivity contribution in [3.63, 3.8) is 0 Å². The van der Waals surface area contributed by atoms with Crippen molar-refractivity contribution in [1.29, 1.82) is 0 Å². The third-order valence-corrected chi connectivity index (χ3v) is 3.50. The van der Waals surface area contributed by atoms with E-state index < -0.39 is 5.60 Å². The van der Waals surface area contributed by atoms with Gasteiger partial charge in [0.1, 0.15) is 0 Å². The number of rotatable bonds is 6. The Bertz CT molecular complexity index is 373. The van der Waals surface area contributed by atoms with Gasteiger partial charge in [0.2, 0.25) is 0 Å². The molecular formula is C17H29NO. The number of benzene rings is 1. The standard InChI is InChI=1S/C17H29NO/c1-6-18-12-11-17(5,19)13-14-7-9-15(10-8-14)16(2,3)4/h7-10,18-19H,6,11-13H2,1-5H3. The van der Waals surface area contributed by atoms with Gasteiger partial charge < -0.3 is 10.4 Å². The summed E-state index contributed by atoms with van der Waals surface area (Å²) in [5, 5.41) is 13.6. The van der Waals surface area contributed by atoms with Crippen LogP contribution >= 0.6 is 0 Å². The second kappa shape index (κ2) is 6.53. The van der Waals surface area contributed by atoms with Gasteiger partial charge in [-0.3, -0.25) is 0 Å². The van der Waals surface area contributed by atoms with E-state index in [9.17, 15) is 5.11 Å². The summed E-state index contributed by atoms with van der Waals surface area (Å²) in [6.45, 7) is 12.5. The van der Waals surface area contributed by atoms with Crippen LogP contribution in [0.4, 0.5) is 0 Å².